The highest BCUT2D eigenvalue weighted by Gasteiger charge is 2.14. The minimum Gasteiger partial charge on any atom is -0.495 e. The lowest BCUT2D eigenvalue weighted by molar-refractivity contribution is 0.229. The number of carbonyl (C=O) groups excluding carboxylic acids is 1. The van der Waals surface area contributed by atoms with Crippen LogP contribution in [-0.2, 0) is 6.42 Å². The van der Waals surface area contributed by atoms with E-state index in [4.69, 9.17) is 9.84 Å². The number of aliphatic hydroxyl groups excluding tert-OH is 1. The van der Waals surface area contributed by atoms with Crippen molar-refractivity contribution in [1.82, 2.24) is 4.90 Å². The van der Waals surface area contributed by atoms with Crippen molar-refractivity contribution in [2.24, 2.45) is 4.99 Å². The predicted molar refractivity (Wildman–Crippen MR) is 81.8 cm³/mol. The summed E-state index contributed by atoms with van der Waals surface area (Å²) < 4.78 is 5.26. The monoisotopic (exact) mass is 289 g/mol. The van der Waals surface area contributed by atoms with Crippen LogP contribution in [0.2, 0.25) is 0 Å². The van der Waals surface area contributed by atoms with Crippen LogP contribution < -0.4 is 10.1 Å². The predicted octanol–water partition coefficient (Wildman–Crippen LogP) is 2.01. The summed E-state index contributed by atoms with van der Waals surface area (Å²) >= 11 is 0. The summed E-state index contributed by atoms with van der Waals surface area (Å²) in [5.41, 5.74) is 1.65. The van der Waals surface area contributed by atoms with E-state index in [0.717, 1.165) is 12.0 Å². The van der Waals surface area contributed by atoms with Crippen LogP contribution in [-0.4, -0.2) is 42.6 Å². The highest BCUT2D eigenvalue weighted by atomic mass is 16.5. The number of nitrogens with zero attached hydrogens (tertiary/aromatic N) is 2. The van der Waals surface area contributed by atoms with E-state index in [9.17, 15) is 4.79 Å². The second-order valence-corrected chi connectivity index (χ2v) is 4.58. The number of hydrogen-bond acceptors (Lipinski definition) is 4. The first kappa shape index (κ1) is 15.1. The summed E-state index contributed by atoms with van der Waals surface area (Å²) in [6, 6.07) is 5.34. The van der Waals surface area contributed by atoms with Crippen LogP contribution in [0.25, 0.3) is 0 Å². The quantitative estimate of drug-likeness (QED) is 0.870. The Kier molecular flexibility index (Phi) is 5.34. The van der Waals surface area contributed by atoms with Gasteiger partial charge in [-0.3, -0.25) is 9.89 Å². The second kappa shape index (κ2) is 7.44. The fourth-order valence-corrected chi connectivity index (χ4v) is 2.00. The Morgan fingerprint density at radius 1 is 1.52 bits per heavy atom. The number of aryl methyl sites for hydroxylation is 1. The number of urea groups is 1. The number of nitrogens with one attached hydrogen (secondary N) is 1. The maximum absolute atomic E-state index is 12.2. The van der Waals surface area contributed by atoms with Gasteiger partial charge in [0, 0.05) is 19.0 Å². The van der Waals surface area contributed by atoms with Gasteiger partial charge < -0.3 is 15.2 Å². The van der Waals surface area contributed by atoms with Crippen LogP contribution in [0.15, 0.2) is 35.5 Å². The molecule has 0 fully saturated rings. The molecular weight excluding hydrogens is 270 g/mol. The first-order valence-electron chi connectivity index (χ1n) is 6.76. The van der Waals surface area contributed by atoms with Gasteiger partial charge in [-0.25, -0.2) is 4.79 Å². The van der Waals surface area contributed by atoms with Crippen molar-refractivity contribution in [1.29, 1.82) is 0 Å². The lowest BCUT2D eigenvalue weighted by atomic mass is 10.1. The van der Waals surface area contributed by atoms with Crippen molar-refractivity contribution >= 4 is 17.9 Å². The highest BCUT2D eigenvalue weighted by molar-refractivity contribution is 5.92. The van der Waals surface area contributed by atoms with Crippen LogP contribution in [0.1, 0.15) is 12.0 Å². The van der Waals surface area contributed by atoms with Crippen LogP contribution in [0.3, 0.4) is 0 Å². The Hall–Kier alpha value is -2.34. The van der Waals surface area contributed by atoms with Crippen LogP contribution in [0.4, 0.5) is 10.5 Å². The molecule has 1 aromatic rings. The van der Waals surface area contributed by atoms with Gasteiger partial charge in [0.25, 0.3) is 0 Å². The lowest BCUT2D eigenvalue weighted by Crippen LogP contribution is -2.32. The molecule has 2 rings (SSSR count). The van der Waals surface area contributed by atoms with E-state index < -0.39 is 0 Å². The zero-order chi connectivity index (χ0) is 15.1. The number of amides is 2. The average Bonchev–Trinajstić information content (AvgIpc) is 2.54. The largest absolute Gasteiger partial charge is 0.495 e. The lowest BCUT2D eigenvalue weighted by Gasteiger charge is -2.19. The zero-order valence-electron chi connectivity index (χ0n) is 12.0. The van der Waals surface area contributed by atoms with E-state index in [1.54, 1.807) is 25.6 Å². The SMILES string of the molecule is COc1ccc(CCCO)cc1NC(=O)N1C=CC=NC1. The zero-order valence-corrected chi connectivity index (χ0v) is 12.0. The van der Waals surface area contributed by atoms with Crippen molar-refractivity contribution in [2.45, 2.75) is 12.8 Å². The Labute approximate surface area is 123 Å². The number of hydrogen-bond donors (Lipinski definition) is 2. The molecule has 1 aromatic carbocycles. The normalized spacial score (nSPS) is 13.3. The van der Waals surface area contributed by atoms with E-state index in [1.807, 2.05) is 18.2 Å². The van der Waals surface area contributed by atoms with E-state index in [1.165, 1.54) is 4.90 Å². The molecule has 21 heavy (non-hydrogen) atoms. The molecule has 0 aromatic heterocycles. The van der Waals surface area contributed by atoms with Crippen LogP contribution >= 0.6 is 0 Å². The molecule has 0 radical (unpaired) electrons. The molecule has 2 amide bonds. The Bertz CT molecular complexity index is 555. The maximum atomic E-state index is 12.2. The molecule has 6 nitrogen and oxygen atoms in total. The molecule has 1 aliphatic heterocycles. The number of allylic oxidation sites excluding steroid dienone is 1. The van der Waals surface area contributed by atoms with E-state index >= 15 is 0 Å². The number of aliphatic imine (C=N–C) groups is 1. The number of benzene rings is 1. The molecule has 112 valence electrons. The Morgan fingerprint density at radius 2 is 2.38 bits per heavy atom. The Morgan fingerprint density at radius 3 is 3.05 bits per heavy atom. The van der Waals surface area contributed by atoms with E-state index in [-0.39, 0.29) is 12.6 Å². The molecule has 0 spiro atoms. The molecule has 0 atom stereocenters. The van der Waals surface area contributed by atoms with Crippen molar-refractivity contribution in [3.05, 3.63) is 36.0 Å². The van der Waals surface area contributed by atoms with Gasteiger partial charge in [-0.15, -0.1) is 0 Å². The van der Waals surface area contributed by atoms with Gasteiger partial charge in [0.05, 0.1) is 12.8 Å². The molecule has 0 saturated carbocycles. The minimum atomic E-state index is -0.263. The minimum absolute atomic E-state index is 0.143. The first-order chi connectivity index (χ1) is 10.2. The number of ether oxygens (including phenoxy) is 1. The van der Waals surface area contributed by atoms with Crippen molar-refractivity contribution in [3.63, 3.8) is 0 Å². The van der Waals surface area contributed by atoms with Crippen LogP contribution in [0.5, 0.6) is 5.75 Å². The van der Waals surface area contributed by atoms with E-state index in [0.29, 0.717) is 24.5 Å². The molecule has 1 heterocycles. The summed E-state index contributed by atoms with van der Waals surface area (Å²) in [5.74, 6) is 0.598. The summed E-state index contributed by atoms with van der Waals surface area (Å²) in [7, 11) is 1.56. The molecule has 6 heteroatoms. The van der Waals surface area contributed by atoms with Crippen LogP contribution in [0, 0.1) is 0 Å². The second-order valence-electron chi connectivity index (χ2n) is 4.58. The smallest absolute Gasteiger partial charge is 0.327 e. The number of aliphatic hydroxyl groups is 1. The van der Waals surface area contributed by atoms with Gasteiger partial charge in [-0.05, 0) is 36.6 Å². The number of rotatable bonds is 5. The topological polar surface area (TPSA) is 74.2 Å². The maximum Gasteiger partial charge on any atom is 0.327 e. The molecule has 0 aliphatic carbocycles. The molecular formula is C15H19N3O3. The average molecular weight is 289 g/mol. The molecule has 0 unspecified atom stereocenters. The molecule has 0 saturated heterocycles. The highest BCUT2D eigenvalue weighted by Crippen LogP contribution is 2.26. The number of anilines is 1. The molecule has 1 aliphatic rings. The van der Waals surface area contributed by atoms with Crippen molar-refractivity contribution < 1.29 is 14.6 Å². The third-order valence-corrected chi connectivity index (χ3v) is 3.08. The number of methoxy groups -OCH3 is 1. The molecule has 0 bridgehead atoms. The summed E-state index contributed by atoms with van der Waals surface area (Å²) in [6.07, 6.45) is 6.46. The van der Waals surface area contributed by atoms with E-state index in [2.05, 4.69) is 10.3 Å². The van der Waals surface area contributed by atoms with Crippen molar-refractivity contribution in [3.8, 4) is 5.75 Å². The summed E-state index contributed by atoms with van der Waals surface area (Å²) in [4.78, 5) is 17.6. The third kappa shape index (κ3) is 4.06. The van der Waals surface area contributed by atoms with Gasteiger partial charge in [0.15, 0.2) is 0 Å². The standard InChI is InChI=1S/C15H19N3O3/c1-21-14-6-5-12(4-2-9-19)10-13(14)17-15(20)18-8-3-7-16-11-18/h3,5-8,10,19H,2,4,9,11H2,1H3,(H,17,20). The molecule has 2 N–H and O–H groups in total. The fraction of sp³-hybridized carbons (Fsp3) is 0.333. The van der Waals surface area contributed by atoms with Crippen molar-refractivity contribution in [2.75, 3.05) is 25.7 Å². The first-order valence-corrected chi connectivity index (χ1v) is 6.76. The Balaban J connectivity index is 2.11. The van der Waals surface area contributed by atoms with Gasteiger partial charge >= 0.3 is 6.03 Å². The summed E-state index contributed by atoms with van der Waals surface area (Å²) in [5, 5.41) is 11.7. The van der Waals surface area contributed by atoms with Gasteiger partial charge in [0.2, 0.25) is 0 Å². The third-order valence-electron chi connectivity index (χ3n) is 3.08. The van der Waals surface area contributed by atoms with Gasteiger partial charge in [0.1, 0.15) is 12.4 Å². The summed E-state index contributed by atoms with van der Waals surface area (Å²) in [6.45, 7) is 0.444. The fourth-order valence-electron chi connectivity index (χ4n) is 2.00. The van der Waals surface area contributed by atoms with Gasteiger partial charge in [-0.1, -0.05) is 6.07 Å². The number of carbonyl (C=O) groups is 1. The van der Waals surface area contributed by atoms with Gasteiger partial charge in [-0.2, -0.15) is 0 Å².